The molecule has 0 spiro atoms. The van der Waals surface area contributed by atoms with Crippen molar-refractivity contribution in [1.29, 1.82) is 0 Å². The molecule has 0 amide bonds. The van der Waals surface area contributed by atoms with E-state index in [-0.39, 0.29) is 16.6 Å². The Hall–Kier alpha value is -1.45. The summed E-state index contributed by atoms with van der Waals surface area (Å²) in [5, 5.41) is 4.28. The molecule has 5 atom stereocenters. The molecule has 122 valence electrons. The first-order valence-corrected chi connectivity index (χ1v) is 9.01. The van der Waals surface area contributed by atoms with Gasteiger partial charge < -0.3 is 4.52 Å². The highest BCUT2D eigenvalue weighted by atomic mass is 16.5. The van der Waals surface area contributed by atoms with Gasteiger partial charge in [0.15, 0.2) is 0 Å². The predicted molar refractivity (Wildman–Crippen MR) is 83.2 cm³/mol. The second kappa shape index (κ2) is 4.14. The van der Waals surface area contributed by atoms with Crippen molar-refractivity contribution in [3.05, 3.63) is 17.0 Å². The van der Waals surface area contributed by atoms with Crippen molar-refractivity contribution >= 4 is 11.6 Å². The number of fused-ring (bicyclic) bond motifs is 4. The van der Waals surface area contributed by atoms with Crippen molar-refractivity contribution in [2.24, 2.45) is 23.2 Å². The fourth-order valence-electron chi connectivity index (χ4n) is 6.58. The first kappa shape index (κ1) is 13.9. The number of nitrogens with zero attached hydrogens (tertiary/aromatic N) is 1. The number of rotatable bonds is 0. The van der Waals surface area contributed by atoms with Gasteiger partial charge in [0.05, 0.1) is 5.69 Å². The lowest BCUT2D eigenvalue weighted by molar-refractivity contribution is -0.131. The number of carbonyl (C=O) groups excluding carboxylic acids is 2. The SMILES string of the molecule is C[C@]12CCC(=O)c3onc(c31)CC1C2CC[C@]2(C)C(=O)CCC12. The fourth-order valence-corrected chi connectivity index (χ4v) is 6.58. The van der Waals surface area contributed by atoms with Gasteiger partial charge in [-0.1, -0.05) is 19.0 Å². The lowest BCUT2D eigenvalue weighted by atomic mass is 9.48. The average Bonchev–Trinajstić information content (AvgIpc) is 3.08. The molecule has 1 aromatic heterocycles. The molecule has 2 fully saturated rings. The maximum Gasteiger partial charge on any atom is 0.206 e. The van der Waals surface area contributed by atoms with Crippen LogP contribution in [0.15, 0.2) is 4.52 Å². The van der Waals surface area contributed by atoms with Crippen LogP contribution < -0.4 is 0 Å². The van der Waals surface area contributed by atoms with E-state index in [0.29, 0.717) is 35.7 Å². The minimum atomic E-state index is -0.119. The molecule has 23 heavy (non-hydrogen) atoms. The Bertz CT molecular complexity index is 735. The van der Waals surface area contributed by atoms with Crippen molar-refractivity contribution in [1.82, 2.24) is 5.16 Å². The summed E-state index contributed by atoms with van der Waals surface area (Å²) in [6.07, 6.45) is 6.26. The van der Waals surface area contributed by atoms with E-state index >= 15 is 0 Å². The van der Waals surface area contributed by atoms with E-state index in [0.717, 1.165) is 49.8 Å². The number of carbonyl (C=O) groups is 2. The van der Waals surface area contributed by atoms with E-state index in [1.54, 1.807) is 0 Å². The summed E-state index contributed by atoms with van der Waals surface area (Å²) in [6, 6.07) is 0. The number of hydrogen-bond donors (Lipinski definition) is 0. The molecule has 0 bridgehead atoms. The molecule has 0 aromatic carbocycles. The zero-order valence-electron chi connectivity index (χ0n) is 13.9. The largest absolute Gasteiger partial charge is 0.353 e. The van der Waals surface area contributed by atoms with Crippen LogP contribution in [0.3, 0.4) is 0 Å². The zero-order valence-corrected chi connectivity index (χ0v) is 13.9. The molecule has 0 aliphatic heterocycles. The summed E-state index contributed by atoms with van der Waals surface area (Å²) in [4.78, 5) is 24.6. The molecular formula is C19H23NO3. The lowest BCUT2D eigenvalue weighted by Crippen LogP contribution is -2.53. The average molecular weight is 313 g/mol. The van der Waals surface area contributed by atoms with Crippen LogP contribution in [0.2, 0.25) is 0 Å². The van der Waals surface area contributed by atoms with Gasteiger partial charge in [-0.05, 0) is 49.9 Å². The van der Waals surface area contributed by atoms with Gasteiger partial charge in [-0.15, -0.1) is 0 Å². The van der Waals surface area contributed by atoms with E-state index in [4.69, 9.17) is 4.52 Å². The highest BCUT2D eigenvalue weighted by Gasteiger charge is 2.60. The molecule has 1 heterocycles. The second-order valence-corrected chi connectivity index (χ2v) is 8.67. The molecule has 0 radical (unpaired) electrons. The summed E-state index contributed by atoms with van der Waals surface area (Å²) in [6.45, 7) is 4.51. The summed E-state index contributed by atoms with van der Waals surface area (Å²) < 4.78 is 5.46. The van der Waals surface area contributed by atoms with Crippen LogP contribution in [0.1, 0.15) is 74.2 Å². The summed E-state index contributed by atoms with van der Waals surface area (Å²) in [5.41, 5.74) is 2.00. The van der Waals surface area contributed by atoms with Gasteiger partial charge >= 0.3 is 0 Å². The van der Waals surface area contributed by atoms with Crippen molar-refractivity contribution < 1.29 is 14.1 Å². The van der Waals surface area contributed by atoms with E-state index < -0.39 is 0 Å². The van der Waals surface area contributed by atoms with Gasteiger partial charge in [0.2, 0.25) is 11.5 Å². The first-order chi connectivity index (χ1) is 10.9. The summed E-state index contributed by atoms with van der Waals surface area (Å²) in [7, 11) is 0. The van der Waals surface area contributed by atoms with Crippen LogP contribution in [0, 0.1) is 23.2 Å². The van der Waals surface area contributed by atoms with Crippen LogP contribution in [0.4, 0.5) is 0 Å². The molecule has 3 unspecified atom stereocenters. The Labute approximate surface area is 136 Å². The van der Waals surface area contributed by atoms with Crippen LogP contribution >= 0.6 is 0 Å². The monoisotopic (exact) mass is 313 g/mol. The summed E-state index contributed by atoms with van der Waals surface area (Å²) in [5.74, 6) is 2.68. The third-order valence-corrected chi connectivity index (χ3v) is 7.85. The van der Waals surface area contributed by atoms with Gasteiger partial charge in [0, 0.05) is 29.2 Å². The fraction of sp³-hybridized carbons (Fsp3) is 0.737. The van der Waals surface area contributed by atoms with Crippen LogP contribution in [-0.4, -0.2) is 16.7 Å². The van der Waals surface area contributed by atoms with E-state index in [9.17, 15) is 9.59 Å². The quantitative estimate of drug-likeness (QED) is 0.736. The second-order valence-electron chi connectivity index (χ2n) is 8.67. The van der Waals surface area contributed by atoms with E-state index in [2.05, 4.69) is 19.0 Å². The van der Waals surface area contributed by atoms with Gasteiger partial charge in [-0.2, -0.15) is 0 Å². The third-order valence-electron chi connectivity index (χ3n) is 7.85. The Morgan fingerprint density at radius 3 is 2.65 bits per heavy atom. The number of aromatic nitrogens is 1. The van der Waals surface area contributed by atoms with E-state index in [1.165, 1.54) is 0 Å². The Morgan fingerprint density at radius 1 is 1.04 bits per heavy atom. The van der Waals surface area contributed by atoms with Crippen molar-refractivity contribution in [3.8, 4) is 0 Å². The normalized spacial score (nSPS) is 44.7. The van der Waals surface area contributed by atoms with Gasteiger partial charge in [-0.25, -0.2) is 0 Å². The first-order valence-electron chi connectivity index (χ1n) is 9.01. The van der Waals surface area contributed by atoms with Crippen LogP contribution in [0.5, 0.6) is 0 Å². The lowest BCUT2D eigenvalue weighted by Gasteiger charge is -2.55. The molecule has 0 saturated heterocycles. The molecule has 0 N–H and O–H groups in total. The highest BCUT2D eigenvalue weighted by molar-refractivity contribution is 5.96. The zero-order chi connectivity index (χ0) is 16.0. The number of ketones is 2. The van der Waals surface area contributed by atoms with Crippen LogP contribution in [0.25, 0.3) is 0 Å². The maximum absolute atomic E-state index is 12.5. The minimum absolute atomic E-state index is 0.00839. The van der Waals surface area contributed by atoms with Crippen molar-refractivity contribution in [2.45, 2.75) is 64.2 Å². The van der Waals surface area contributed by atoms with Gasteiger partial charge in [-0.3, -0.25) is 9.59 Å². The number of hydrogen-bond acceptors (Lipinski definition) is 4. The molecule has 2 saturated carbocycles. The smallest absolute Gasteiger partial charge is 0.206 e. The van der Waals surface area contributed by atoms with E-state index in [1.807, 2.05) is 0 Å². The molecule has 4 aliphatic rings. The summed E-state index contributed by atoms with van der Waals surface area (Å²) >= 11 is 0. The predicted octanol–water partition coefficient (Wildman–Crippen LogP) is 3.48. The highest BCUT2D eigenvalue weighted by Crippen LogP contribution is 2.62. The minimum Gasteiger partial charge on any atom is -0.353 e. The third kappa shape index (κ3) is 1.50. The number of Topliss-reactive ketones (excluding diaryl/α,β-unsaturated/α-hetero) is 2. The molecule has 5 rings (SSSR count). The van der Waals surface area contributed by atoms with Crippen molar-refractivity contribution in [2.75, 3.05) is 0 Å². The Balaban J connectivity index is 1.65. The molecule has 4 nitrogen and oxygen atoms in total. The molecule has 1 aromatic rings. The Morgan fingerprint density at radius 2 is 1.83 bits per heavy atom. The van der Waals surface area contributed by atoms with Gasteiger partial charge in [0.25, 0.3) is 0 Å². The standard InChI is InChI=1S/C19H23NO3/c1-18-7-5-12-10(11(18)3-4-15(18)22)9-13-16-17(23-20-13)14(21)6-8-19(12,16)2/h10-12H,3-9H2,1-2H3/t10?,11?,12?,18-,19+/m0/s1. The van der Waals surface area contributed by atoms with Crippen LogP contribution in [-0.2, 0) is 16.6 Å². The van der Waals surface area contributed by atoms with Crippen molar-refractivity contribution in [3.63, 3.8) is 0 Å². The maximum atomic E-state index is 12.5. The van der Waals surface area contributed by atoms with Gasteiger partial charge in [0.1, 0.15) is 5.78 Å². The molecule has 4 heteroatoms. The topological polar surface area (TPSA) is 60.2 Å². The molecular weight excluding hydrogens is 290 g/mol. The molecule has 4 aliphatic carbocycles. The Kier molecular flexibility index (Phi) is 2.51.